The summed E-state index contributed by atoms with van der Waals surface area (Å²) in [6, 6.07) is 12.2. The van der Waals surface area contributed by atoms with Gasteiger partial charge in [-0.2, -0.15) is 13.2 Å². The Morgan fingerprint density at radius 3 is 2.61 bits per heavy atom. The molecule has 2 heterocycles. The zero-order valence-electron chi connectivity index (χ0n) is 20.7. The summed E-state index contributed by atoms with van der Waals surface area (Å²) in [5.74, 6) is -1.25. The quantitative estimate of drug-likeness (QED) is 0.329. The fourth-order valence-corrected chi connectivity index (χ4v) is 4.98. The zero-order chi connectivity index (χ0) is 27.3. The lowest BCUT2D eigenvalue weighted by Crippen LogP contribution is -2.31. The van der Waals surface area contributed by atoms with Gasteiger partial charge >= 0.3 is 6.18 Å². The molecule has 10 heteroatoms. The van der Waals surface area contributed by atoms with Crippen LogP contribution in [-0.4, -0.2) is 42.6 Å². The van der Waals surface area contributed by atoms with E-state index in [-0.39, 0.29) is 17.2 Å². The smallest absolute Gasteiger partial charge is 0.416 e. The molecular weight excluding hydrogens is 561 g/mol. The molecule has 0 saturated carbocycles. The highest BCUT2D eigenvalue weighted by atomic mass is 79.9. The molecule has 2 aliphatic rings. The second-order valence-electron chi connectivity index (χ2n) is 9.13. The van der Waals surface area contributed by atoms with Gasteiger partial charge in [-0.25, -0.2) is 0 Å². The second kappa shape index (κ2) is 12.0. The number of fused-ring (bicyclic) bond motifs is 1. The average Bonchev–Trinajstić information content (AvgIpc) is 2.90. The number of rotatable bonds is 9. The monoisotopic (exact) mass is 588 g/mol. The largest absolute Gasteiger partial charge is 0.507 e. The van der Waals surface area contributed by atoms with E-state index in [1.807, 2.05) is 18.2 Å². The number of benzene rings is 2. The molecule has 38 heavy (non-hydrogen) atoms. The van der Waals surface area contributed by atoms with Crippen molar-refractivity contribution >= 4 is 33.8 Å². The molecule has 4 rings (SSSR count). The predicted octanol–water partition coefficient (Wildman–Crippen LogP) is 5.69. The van der Waals surface area contributed by atoms with E-state index in [9.17, 15) is 23.1 Å². The minimum Gasteiger partial charge on any atom is -0.507 e. The average molecular weight is 589 g/mol. The SMILES string of the molecule is C[C@@H](C(=O)NCCCCNC1=CC(c2ccccc2O)=NC2=C(Br)C=NCC12)c1ccccc1C(F)(F)F. The van der Waals surface area contributed by atoms with Crippen LogP contribution in [0.4, 0.5) is 13.2 Å². The third-order valence-electron chi connectivity index (χ3n) is 6.51. The highest BCUT2D eigenvalue weighted by Gasteiger charge is 2.35. The Balaban J connectivity index is 1.32. The number of hydrogen-bond donors (Lipinski definition) is 3. The summed E-state index contributed by atoms with van der Waals surface area (Å²) in [4.78, 5) is 21.7. The molecule has 1 amide bonds. The predicted molar refractivity (Wildman–Crippen MR) is 146 cm³/mol. The summed E-state index contributed by atoms with van der Waals surface area (Å²) in [6.07, 6.45) is 0.520. The Morgan fingerprint density at radius 2 is 1.84 bits per heavy atom. The van der Waals surface area contributed by atoms with Crippen LogP contribution in [0.2, 0.25) is 0 Å². The standard InChI is InChI=1S/C28H28BrF3N4O2/c1-17(18-8-2-4-10-21(18)28(30,31)32)27(38)35-13-7-6-12-34-23-14-24(19-9-3-5-11-25(19)37)36-26-20(23)15-33-16-22(26)29/h2-5,8-11,14,16-17,20,34,37H,6-7,12-13,15H2,1H3,(H,35,38)/t17-,20?/m1/s1. The third kappa shape index (κ3) is 6.35. The van der Waals surface area contributed by atoms with Crippen molar-refractivity contribution in [2.45, 2.75) is 31.9 Å². The number of carbonyl (C=O) groups excluding carboxylic acids is 1. The van der Waals surface area contributed by atoms with Crippen LogP contribution in [0.15, 0.2) is 80.5 Å². The molecule has 0 fully saturated rings. The first-order valence-electron chi connectivity index (χ1n) is 12.3. The maximum absolute atomic E-state index is 13.3. The van der Waals surface area contributed by atoms with Crippen LogP contribution in [0.5, 0.6) is 5.75 Å². The van der Waals surface area contributed by atoms with Crippen molar-refractivity contribution in [1.82, 2.24) is 10.6 Å². The molecular formula is C28H28BrF3N4O2. The number of dihydropyridines is 2. The van der Waals surface area contributed by atoms with Crippen molar-refractivity contribution in [2.75, 3.05) is 19.6 Å². The molecule has 0 aromatic heterocycles. The van der Waals surface area contributed by atoms with Crippen LogP contribution >= 0.6 is 15.9 Å². The Morgan fingerprint density at radius 1 is 1.13 bits per heavy atom. The summed E-state index contributed by atoms with van der Waals surface area (Å²) in [7, 11) is 0. The summed E-state index contributed by atoms with van der Waals surface area (Å²) in [6.45, 7) is 3.01. The summed E-state index contributed by atoms with van der Waals surface area (Å²) in [5.41, 5.74) is 2.23. The van der Waals surface area contributed by atoms with Gasteiger partial charge in [-0.3, -0.25) is 14.8 Å². The number of unbranched alkanes of at least 4 members (excludes halogenated alkanes) is 1. The number of hydrogen-bond acceptors (Lipinski definition) is 5. The fraction of sp³-hybridized carbons (Fsp3) is 0.321. The van der Waals surface area contributed by atoms with E-state index in [1.54, 1.807) is 18.3 Å². The second-order valence-corrected chi connectivity index (χ2v) is 9.98. The summed E-state index contributed by atoms with van der Waals surface area (Å²) < 4.78 is 40.7. The number of allylic oxidation sites excluding steroid dienone is 2. The maximum Gasteiger partial charge on any atom is 0.416 e. The highest BCUT2D eigenvalue weighted by Crippen LogP contribution is 2.36. The number of phenols is 1. The van der Waals surface area contributed by atoms with Gasteiger partial charge in [-0.05, 0) is 65.5 Å². The van der Waals surface area contributed by atoms with E-state index in [2.05, 4.69) is 31.6 Å². The van der Waals surface area contributed by atoms with Gasteiger partial charge in [0.1, 0.15) is 5.75 Å². The molecule has 0 spiro atoms. The number of nitrogens with zero attached hydrogens (tertiary/aromatic N) is 2. The van der Waals surface area contributed by atoms with Crippen molar-refractivity contribution in [3.8, 4) is 5.75 Å². The Labute approximate surface area is 227 Å². The van der Waals surface area contributed by atoms with Gasteiger partial charge in [0.15, 0.2) is 0 Å². The van der Waals surface area contributed by atoms with E-state index in [1.165, 1.54) is 25.1 Å². The van der Waals surface area contributed by atoms with Gasteiger partial charge < -0.3 is 15.7 Å². The van der Waals surface area contributed by atoms with Crippen molar-refractivity contribution in [3.05, 3.63) is 87.2 Å². The summed E-state index contributed by atoms with van der Waals surface area (Å²) in [5, 5.41) is 16.5. The number of phenolic OH excluding ortho intramolecular Hbond substituents is 1. The number of carbonyl (C=O) groups is 1. The maximum atomic E-state index is 13.3. The van der Waals surface area contributed by atoms with Gasteiger partial charge in [-0.15, -0.1) is 0 Å². The number of alkyl halides is 3. The van der Waals surface area contributed by atoms with E-state index < -0.39 is 23.6 Å². The number of aromatic hydroxyl groups is 1. The Hall–Kier alpha value is -3.40. The lowest BCUT2D eigenvalue weighted by molar-refractivity contribution is -0.138. The Kier molecular flexibility index (Phi) is 8.71. The first kappa shape index (κ1) is 27.6. The Bertz CT molecular complexity index is 1320. The molecule has 2 aromatic carbocycles. The molecule has 200 valence electrons. The van der Waals surface area contributed by atoms with Crippen LogP contribution < -0.4 is 10.6 Å². The molecule has 6 nitrogen and oxygen atoms in total. The first-order chi connectivity index (χ1) is 18.2. The van der Waals surface area contributed by atoms with Crippen LogP contribution in [0.1, 0.15) is 42.4 Å². The van der Waals surface area contributed by atoms with Gasteiger partial charge in [-0.1, -0.05) is 30.3 Å². The van der Waals surface area contributed by atoms with Crippen molar-refractivity contribution < 1.29 is 23.1 Å². The molecule has 2 aromatic rings. The number of halogens is 4. The van der Waals surface area contributed by atoms with Gasteiger partial charge in [0.25, 0.3) is 0 Å². The van der Waals surface area contributed by atoms with E-state index in [0.29, 0.717) is 37.3 Å². The van der Waals surface area contributed by atoms with Gasteiger partial charge in [0.05, 0.1) is 39.8 Å². The number of aliphatic imine (C=N–C) groups is 2. The topological polar surface area (TPSA) is 86.1 Å². The van der Waals surface area contributed by atoms with Gasteiger partial charge in [0, 0.05) is 30.6 Å². The van der Waals surface area contributed by atoms with Crippen LogP contribution in [0.3, 0.4) is 0 Å². The van der Waals surface area contributed by atoms with E-state index in [4.69, 9.17) is 4.99 Å². The molecule has 2 aliphatic heterocycles. The molecule has 1 unspecified atom stereocenters. The lowest BCUT2D eigenvalue weighted by Gasteiger charge is -2.28. The molecule has 0 saturated heterocycles. The molecule has 0 bridgehead atoms. The van der Waals surface area contributed by atoms with Crippen molar-refractivity contribution in [1.29, 1.82) is 0 Å². The minimum absolute atomic E-state index is 0.0320. The number of nitrogens with one attached hydrogen (secondary N) is 2. The van der Waals surface area contributed by atoms with Crippen molar-refractivity contribution in [2.24, 2.45) is 15.9 Å². The van der Waals surface area contributed by atoms with Crippen molar-refractivity contribution in [3.63, 3.8) is 0 Å². The molecule has 2 atom stereocenters. The van der Waals surface area contributed by atoms with Crippen LogP contribution in [0, 0.1) is 5.92 Å². The fourth-order valence-electron chi connectivity index (χ4n) is 4.47. The first-order valence-corrected chi connectivity index (χ1v) is 13.1. The van der Waals surface area contributed by atoms with E-state index >= 15 is 0 Å². The third-order valence-corrected chi connectivity index (χ3v) is 7.12. The zero-order valence-corrected chi connectivity index (χ0v) is 22.3. The highest BCUT2D eigenvalue weighted by molar-refractivity contribution is 9.12. The van der Waals surface area contributed by atoms with Gasteiger partial charge in [0.2, 0.25) is 5.91 Å². The lowest BCUT2D eigenvalue weighted by atomic mass is 9.93. The normalized spacial score (nSPS) is 17.9. The molecule has 0 radical (unpaired) electrons. The number of amides is 1. The van der Waals surface area contributed by atoms with Crippen LogP contribution in [-0.2, 0) is 11.0 Å². The van der Waals surface area contributed by atoms with Crippen LogP contribution in [0.25, 0.3) is 0 Å². The molecule has 3 N–H and O–H groups in total. The number of para-hydroxylation sites is 1. The minimum atomic E-state index is -4.51. The van der Waals surface area contributed by atoms with E-state index in [0.717, 1.165) is 28.4 Å². The molecule has 0 aliphatic carbocycles. The summed E-state index contributed by atoms with van der Waals surface area (Å²) >= 11 is 3.54.